The molecular formula is C25H28N4O3S. The summed E-state index contributed by atoms with van der Waals surface area (Å²) in [5.41, 5.74) is 5.23. The lowest BCUT2D eigenvalue weighted by atomic mass is 9.89. The number of benzene rings is 2. The summed E-state index contributed by atoms with van der Waals surface area (Å²) in [6, 6.07) is 15.0. The molecule has 3 aromatic rings. The Labute approximate surface area is 197 Å². The zero-order valence-corrected chi connectivity index (χ0v) is 19.7. The van der Waals surface area contributed by atoms with Gasteiger partial charge in [0.05, 0.1) is 20.3 Å². The van der Waals surface area contributed by atoms with Crippen LogP contribution in [0.2, 0.25) is 0 Å². The van der Waals surface area contributed by atoms with E-state index in [9.17, 15) is 4.79 Å². The van der Waals surface area contributed by atoms with Gasteiger partial charge in [-0.1, -0.05) is 67.4 Å². The van der Waals surface area contributed by atoms with Gasteiger partial charge >= 0.3 is 0 Å². The van der Waals surface area contributed by atoms with Gasteiger partial charge in [-0.25, -0.2) is 4.68 Å². The number of fused-ring (bicyclic) bond motifs is 1. The minimum absolute atomic E-state index is 0.0568. The van der Waals surface area contributed by atoms with Crippen LogP contribution in [0.25, 0.3) is 0 Å². The van der Waals surface area contributed by atoms with Crippen molar-refractivity contribution in [1.82, 2.24) is 14.9 Å². The van der Waals surface area contributed by atoms with E-state index in [1.807, 2.05) is 53.2 Å². The number of methoxy groups -OCH3 is 2. The lowest BCUT2D eigenvalue weighted by Gasteiger charge is -2.34. The third kappa shape index (κ3) is 4.19. The first kappa shape index (κ1) is 21.8. The molecule has 2 atom stereocenters. The maximum atomic E-state index is 13.6. The predicted octanol–water partition coefficient (Wildman–Crippen LogP) is 4.99. The van der Waals surface area contributed by atoms with Gasteiger partial charge in [0, 0.05) is 11.5 Å². The van der Waals surface area contributed by atoms with E-state index in [2.05, 4.69) is 15.6 Å². The van der Waals surface area contributed by atoms with E-state index in [1.54, 1.807) is 14.2 Å². The smallest absolute Gasteiger partial charge is 0.210 e. The minimum atomic E-state index is -0.401. The number of aromatic nitrogens is 3. The van der Waals surface area contributed by atoms with Crippen molar-refractivity contribution in [1.29, 1.82) is 0 Å². The van der Waals surface area contributed by atoms with Crippen molar-refractivity contribution in [3.63, 3.8) is 0 Å². The van der Waals surface area contributed by atoms with Gasteiger partial charge in [0.25, 0.3) is 0 Å². The topological polar surface area (TPSA) is 78.3 Å². The fraction of sp³-hybridized carbons (Fsp3) is 0.400. The molecule has 0 amide bonds. The molecule has 2 heterocycles. The van der Waals surface area contributed by atoms with Crippen LogP contribution in [-0.4, -0.2) is 40.1 Å². The summed E-state index contributed by atoms with van der Waals surface area (Å²) in [4.78, 5) is 13.6. The molecule has 2 aromatic carbocycles. The van der Waals surface area contributed by atoms with E-state index in [0.717, 1.165) is 29.4 Å². The standard InChI is InChI=1S/C25H28N4O3S/c1-31-19-14-13-18(15-20(19)32-2)21-23(22(30)16-9-5-3-6-10-16)33-25-27-26-24(29(25)28-21)17-11-7-4-8-12-17/h3,5-6,9-10,13-15,17,21,23,28H,4,7-8,11-12H2,1-2H3. The Bertz CT molecular complexity index is 1130. The molecule has 0 bridgehead atoms. The molecule has 7 nitrogen and oxygen atoms in total. The van der Waals surface area contributed by atoms with Crippen LogP contribution in [0.15, 0.2) is 53.7 Å². The SMILES string of the molecule is COc1ccc(C2Nn3c(nnc3C3CCCCC3)SC2C(=O)c2ccccc2)cc1OC. The Morgan fingerprint density at radius 2 is 1.76 bits per heavy atom. The quantitative estimate of drug-likeness (QED) is 0.515. The first-order chi connectivity index (χ1) is 16.2. The first-order valence-corrected chi connectivity index (χ1v) is 12.3. The molecule has 0 saturated heterocycles. The number of carbonyl (C=O) groups is 1. The summed E-state index contributed by atoms with van der Waals surface area (Å²) >= 11 is 1.48. The van der Waals surface area contributed by atoms with E-state index in [-0.39, 0.29) is 11.8 Å². The Morgan fingerprint density at radius 3 is 2.48 bits per heavy atom. The number of carbonyl (C=O) groups excluding carboxylic acids is 1. The number of ether oxygens (including phenoxy) is 2. The largest absolute Gasteiger partial charge is 0.493 e. The number of hydrogen-bond donors (Lipinski definition) is 1. The van der Waals surface area contributed by atoms with Gasteiger partial charge in [0.15, 0.2) is 23.1 Å². The van der Waals surface area contributed by atoms with E-state index < -0.39 is 5.25 Å². The maximum Gasteiger partial charge on any atom is 0.210 e. The Kier molecular flexibility index (Phi) is 6.26. The van der Waals surface area contributed by atoms with E-state index in [0.29, 0.717) is 23.0 Å². The molecule has 0 radical (unpaired) electrons. The first-order valence-electron chi connectivity index (χ1n) is 11.4. The normalized spacial score (nSPS) is 20.5. The second-order valence-electron chi connectivity index (χ2n) is 8.50. The number of ketones is 1. The summed E-state index contributed by atoms with van der Waals surface area (Å²) in [7, 11) is 3.24. The number of nitrogens with zero attached hydrogens (tertiary/aromatic N) is 3. The van der Waals surface area contributed by atoms with Crippen molar-refractivity contribution in [3.8, 4) is 11.5 Å². The van der Waals surface area contributed by atoms with Gasteiger partial charge < -0.3 is 14.9 Å². The average Bonchev–Trinajstić information content (AvgIpc) is 3.31. The van der Waals surface area contributed by atoms with Crippen LogP contribution in [0, 0.1) is 0 Å². The lowest BCUT2D eigenvalue weighted by Crippen LogP contribution is -2.39. The average molecular weight is 465 g/mol. The highest BCUT2D eigenvalue weighted by atomic mass is 32.2. The van der Waals surface area contributed by atoms with Crippen molar-refractivity contribution >= 4 is 17.5 Å². The highest BCUT2D eigenvalue weighted by molar-refractivity contribution is 8.00. The molecular weight excluding hydrogens is 436 g/mol. The molecule has 1 fully saturated rings. The zero-order valence-electron chi connectivity index (χ0n) is 18.9. The summed E-state index contributed by atoms with van der Waals surface area (Å²) in [6.07, 6.45) is 5.96. The van der Waals surface area contributed by atoms with Crippen LogP contribution < -0.4 is 14.9 Å². The van der Waals surface area contributed by atoms with Crippen molar-refractivity contribution in [3.05, 3.63) is 65.5 Å². The fourth-order valence-corrected chi connectivity index (χ4v) is 5.92. The molecule has 5 rings (SSSR count). The second kappa shape index (κ2) is 9.47. The molecule has 2 aliphatic rings. The third-order valence-electron chi connectivity index (χ3n) is 6.52. The zero-order chi connectivity index (χ0) is 22.8. The van der Waals surface area contributed by atoms with Crippen LogP contribution >= 0.6 is 11.8 Å². The number of thioether (sulfide) groups is 1. The molecule has 1 N–H and O–H groups in total. The molecule has 8 heteroatoms. The Morgan fingerprint density at radius 1 is 1.00 bits per heavy atom. The molecule has 1 aliphatic carbocycles. The fourth-order valence-electron chi connectivity index (χ4n) is 4.76. The van der Waals surface area contributed by atoms with Gasteiger partial charge in [-0.15, -0.1) is 10.2 Å². The molecule has 172 valence electrons. The van der Waals surface area contributed by atoms with Gasteiger partial charge in [0.2, 0.25) is 5.16 Å². The minimum Gasteiger partial charge on any atom is -0.493 e. The third-order valence-corrected chi connectivity index (χ3v) is 7.73. The molecule has 0 spiro atoms. The van der Waals surface area contributed by atoms with Gasteiger partial charge in [-0.05, 0) is 30.5 Å². The number of rotatable bonds is 6. The second-order valence-corrected chi connectivity index (χ2v) is 9.61. The maximum absolute atomic E-state index is 13.6. The number of Topliss-reactive ketones (excluding diaryl/α,β-unsaturated/α-hetero) is 1. The Balaban J connectivity index is 1.55. The molecule has 1 aliphatic heterocycles. The van der Waals surface area contributed by atoms with E-state index >= 15 is 0 Å². The summed E-state index contributed by atoms with van der Waals surface area (Å²) < 4.78 is 13.0. The monoisotopic (exact) mass is 464 g/mol. The van der Waals surface area contributed by atoms with Crippen molar-refractivity contribution in [2.24, 2.45) is 0 Å². The predicted molar refractivity (Wildman–Crippen MR) is 128 cm³/mol. The molecule has 1 aromatic heterocycles. The van der Waals surface area contributed by atoms with Crippen molar-refractivity contribution < 1.29 is 14.3 Å². The summed E-state index contributed by atoms with van der Waals surface area (Å²) in [5, 5.41) is 9.35. The van der Waals surface area contributed by atoms with Crippen molar-refractivity contribution in [2.75, 3.05) is 19.6 Å². The highest BCUT2D eigenvalue weighted by Crippen LogP contribution is 2.42. The van der Waals surface area contributed by atoms with Crippen molar-refractivity contribution in [2.45, 2.75) is 54.5 Å². The van der Waals surface area contributed by atoms with E-state index in [1.165, 1.54) is 31.0 Å². The molecule has 1 saturated carbocycles. The summed E-state index contributed by atoms with van der Waals surface area (Å²) in [6.45, 7) is 0. The molecule has 33 heavy (non-hydrogen) atoms. The number of nitrogens with one attached hydrogen (secondary N) is 1. The van der Waals surface area contributed by atoms with Gasteiger partial charge in [-0.3, -0.25) is 4.79 Å². The van der Waals surface area contributed by atoms with Crippen LogP contribution in [0.1, 0.15) is 65.8 Å². The Hall–Kier alpha value is -3.00. The summed E-state index contributed by atoms with van der Waals surface area (Å²) in [5.74, 6) is 2.70. The van der Waals surface area contributed by atoms with Gasteiger partial charge in [-0.2, -0.15) is 0 Å². The number of hydrogen-bond acceptors (Lipinski definition) is 7. The van der Waals surface area contributed by atoms with Crippen LogP contribution in [0.5, 0.6) is 11.5 Å². The highest BCUT2D eigenvalue weighted by Gasteiger charge is 2.39. The van der Waals surface area contributed by atoms with Gasteiger partial charge in [0.1, 0.15) is 5.25 Å². The van der Waals surface area contributed by atoms with E-state index in [4.69, 9.17) is 9.47 Å². The van der Waals surface area contributed by atoms with Crippen LogP contribution in [0.3, 0.4) is 0 Å². The van der Waals surface area contributed by atoms with Crippen LogP contribution in [-0.2, 0) is 0 Å². The van der Waals surface area contributed by atoms with Crippen LogP contribution in [0.4, 0.5) is 0 Å². The lowest BCUT2D eigenvalue weighted by molar-refractivity contribution is 0.0980. The molecule has 2 unspecified atom stereocenters.